The third-order valence-electron chi connectivity index (χ3n) is 4.06. The smallest absolute Gasteiger partial charge is 0.242 e. The number of amides is 2. The van der Waals surface area contributed by atoms with E-state index in [1.54, 1.807) is 24.0 Å². The van der Waals surface area contributed by atoms with E-state index in [1.165, 1.54) is 0 Å². The average molecular weight is 373 g/mol. The lowest BCUT2D eigenvalue weighted by atomic mass is 10.1. The molecule has 0 aliphatic heterocycles. The molecule has 5 heteroatoms. The van der Waals surface area contributed by atoms with Crippen molar-refractivity contribution in [3.8, 4) is 0 Å². The van der Waals surface area contributed by atoms with Crippen LogP contribution in [0.4, 0.5) is 0 Å². The Morgan fingerprint density at radius 2 is 1.58 bits per heavy atom. The molecule has 0 aromatic heterocycles. The Hall–Kier alpha value is -2.33. The molecule has 0 saturated carbocycles. The number of hydrogen-bond donors (Lipinski definition) is 1. The zero-order valence-corrected chi connectivity index (χ0v) is 16.2. The van der Waals surface area contributed by atoms with E-state index < -0.39 is 6.04 Å². The monoisotopic (exact) mass is 372 g/mol. The van der Waals surface area contributed by atoms with Crippen molar-refractivity contribution in [1.82, 2.24) is 10.2 Å². The van der Waals surface area contributed by atoms with Gasteiger partial charge in [0, 0.05) is 17.6 Å². The molecule has 1 N–H and O–H groups in total. The second-order valence-corrected chi connectivity index (χ2v) is 7.09. The fraction of sp³-hybridized carbons (Fsp3) is 0.333. The molecule has 0 heterocycles. The Morgan fingerprint density at radius 3 is 2.15 bits per heavy atom. The number of nitrogens with one attached hydrogen (secondary N) is 1. The Morgan fingerprint density at radius 1 is 0.962 bits per heavy atom. The summed E-state index contributed by atoms with van der Waals surface area (Å²) in [4.78, 5) is 27.0. The molecule has 26 heavy (non-hydrogen) atoms. The molecule has 0 aliphatic rings. The molecule has 1 atom stereocenters. The predicted molar refractivity (Wildman–Crippen MR) is 105 cm³/mol. The summed E-state index contributed by atoms with van der Waals surface area (Å²) in [5, 5.41) is 3.52. The SMILES string of the molecule is CC(C)NC(=O)C(C)N(Cc1ccc(Cl)cc1)C(=O)Cc1ccccc1. The van der Waals surface area contributed by atoms with E-state index in [0.29, 0.717) is 11.6 Å². The molecule has 0 fully saturated rings. The van der Waals surface area contributed by atoms with Gasteiger partial charge in [0.2, 0.25) is 11.8 Å². The third kappa shape index (κ3) is 5.88. The van der Waals surface area contributed by atoms with Crippen molar-refractivity contribution >= 4 is 23.4 Å². The van der Waals surface area contributed by atoms with Gasteiger partial charge in [-0.05, 0) is 44.0 Å². The molecule has 0 spiro atoms. The molecular weight excluding hydrogens is 348 g/mol. The lowest BCUT2D eigenvalue weighted by molar-refractivity contribution is -0.140. The van der Waals surface area contributed by atoms with Crippen LogP contribution in [0.3, 0.4) is 0 Å². The van der Waals surface area contributed by atoms with Crippen LogP contribution in [0, 0.1) is 0 Å². The lowest BCUT2D eigenvalue weighted by Crippen LogP contribution is -2.49. The summed E-state index contributed by atoms with van der Waals surface area (Å²) < 4.78 is 0. The number of halogens is 1. The first-order valence-corrected chi connectivity index (χ1v) is 9.13. The van der Waals surface area contributed by atoms with E-state index in [-0.39, 0.29) is 24.3 Å². The van der Waals surface area contributed by atoms with Crippen LogP contribution in [0.25, 0.3) is 0 Å². The van der Waals surface area contributed by atoms with Crippen LogP contribution in [0.15, 0.2) is 54.6 Å². The predicted octanol–water partition coefficient (Wildman–Crippen LogP) is 3.82. The molecule has 2 aromatic carbocycles. The van der Waals surface area contributed by atoms with Gasteiger partial charge in [-0.2, -0.15) is 0 Å². The Kier molecular flexibility index (Phi) is 7.22. The lowest BCUT2D eigenvalue weighted by Gasteiger charge is -2.29. The van der Waals surface area contributed by atoms with Crippen molar-refractivity contribution < 1.29 is 9.59 Å². The molecular formula is C21H25ClN2O2. The van der Waals surface area contributed by atoms with Crippen LogP contribution < -0.4 is 5.32 Å². The van der Waals surface area contributed by atoms with E-state index >= 15 is 0 Å². The average Bonchev–Trinajstić information content (AvgIpc) is 2.60. The van der Waals surface area contributed by atoms with Gasteiger partial charge in [0.15, 0.2) is 0 Å². The molecule has 2 amide bonds. The van der Waals surface area contributed by atoms with Crippen molar-refractivity contribution in [2.24, 2.45) is 0 Å². The number of carbonyl (C=O) groups excluding carboxylic acids is 2. The van der Waals surface area contributed by atoms with Gasteiger partial charge in [-0.15, -0.1) is 0 Å². The first-order valence-electron chi connectivity index (χ1n) is 8.75. The zero-order chi connectivity index (χ0) is 19.1. The highest BCUT2D eigenvalue weighted by Crippen LogP contribution is 2.15. The molecule has 1 unspecified atom stereocenters. The van der Waals surface area contributed by atoms with E-state index in [2.05, 4.69) is 5.32 Å². The Labute approximate surface area is 160 Å². The van der Waals surface area contributed by atoms with Gasteiger partial charge in [-0.25, -0.2) is 0 Å². The molecule has 2 aromatic rings. The fourth-order valence-electron chi connectivity index (χ4n) is 2.65. The highest BCUT2D eigenvalue weighted by Gasteiger charge is 2.26. The summed E-state index contributed by atoms with van der Waals surface area (Å²) in [5.41, 5.74) is 1.86. The van der Waals surface area contributed by atoms with Gasteiger partial charge >= 0.3 is 0 Å². The molecule has 4 nitrogen and oxygen atoms in total. The number of nitrogens with zero attached hydrogens (tertiary/aromatic N) is 1. The van der Waals surface area contributed by atoms with Crippen molar-refractivity contribution in [3.05, 3.63) is 70.7 Å². The van der Waals surface area contributed by atoms with Gasteiger partial charge in [0.05, 0.1) is 6.42 Å². The largest absolute Gasteiger partial charge is 0.352 e. The molecule has 0 saturated heterocycles. The topological polar surface area (TPSA) is 49.4 Å². The fourth-order valence-corrected chi connectivity index (χ4v) is 2.77. The van der Waals surface area contributed by atoms with Gasteiger partial charge in [-0.3, -0.25) is 9.59 Å². The highest BCUT2D eigenvalue weighted by atomic mass is 35.5. The van der Waals surface area contributed by atoms with E-state index in [1.807, 2.05) is 56.3 Å². The molecule has 2 rings (SSSR count). The van der Waals surface area contributed by atoms with E-state index in [9.17, 15) is 9.59 Å². The number of rotatable bonds is 7. The minimum atomic E-state index is -0.565. The molecule has 0 radical (unpaired) electrons. The summed E-state index contributed by atoms with van der Waals surface area (Å²) in [6, 6.07) is 16.3. The van der Waals surface area contributed by atoms with E-state index in [0.717, 1.165) is 11.1 Å². The first kappa shape index (κ1) is 20.0. The van der Waals surface area contributed by atoms with Crippen molar-refractivity contribution in [2.45, 2.75) is 45.8 Å². The van der Waals surface area contributed by atoms with Crippen molar-refractivity contribution in [1.29, 1.82) is 0 Å². The van der Waals surface area contributed by atoms with E-state index in [4.69, 9.17) is 11.6 Å². The van der Waals surface area contributed by atoms with Gasteiger partial charge < -0.3 is 10.2 Å². The summed E-state index contributed by atoms with van der Waals surface area (Å²) in [6.45, 7) is 5.92. The van der Waals surface area contributed by atoms with Crippen LogP contribution in [-0.2, 0) is 22.6 Å². The second kappa shape index (κ2) is 9.39. The summed E-state index contributed by atoms with van der Waals surface area (Å²) in [7, 11) is 0. The van der Waals surface area contributed by atoms with Crippen molar-refractivity contribution in [2.75, 3.05) is 0 Å². The number of carbonyl (C=O) groups is 2. The maximum atomic E-state index is 12.9. The van der Waals surface area contributed by atoms with Crippen LogP contribution in [-0.4, -0.2) is 28.8 Å². The summed E-state index contributed by atoms with van der Waals surface area (Å²) in [5.74, 6) is -0.243. The third-order valence-corrected chi connectivity index (χ3v) is 4.31. The summed E-state index contributed by atoms with van der Waals surface area (Å²) >= 11 is 5.94. The Bertz CT molecular complexity index is 729. The minimum absolute atomic E-state index is 0.0200. The normalized spacial score (nSPS) is 11.9. The van der Waals surface area contributed by atoms with Crippen LogP contribution >= 0.6 is 11.6 Å². The first-order chi connectivity index (χ1) is 12.4. The number of hydrogen-bond acceptors (Lipinski definition) is 2. The molecule has 138 valence electrons. The van der Waals surface area contributed by atoms with Crippen LogP contribution in [0.5, 0.6) is 0 Å². The highest BCUT2D eigenvalue weighted by molar-refractivity contribution is 6.30. The van der Waals surface area contributed by atoms with Crippen LogP contribution in [0.2, 0.25) is 5.02 Å². The quantitative estimate of drug-likeness (QED) is 0.803. The standard InChI is InChI=1S/C21H25ClN2O2/c1-15(2)23-21(26)16(3)24(14-18-9-11-19(22)12-10-18)20(25)13-17-7-5-4-6-8-17/h4-12,15-16H,13-14H2,1-3H3,(H,23,26). The summed E-state index contributed by atoms with van der Waals surface area (Å²) in [6.07, 6.45) is 0.258. The number of benzene rings is 2. The van der Waals surface area contributed by atoms with Crippen LogP contribution in [0.1, 0.15) is 31.9 Å². The zero-order valence-electron chi connectivity index (χ0n) is 15.4. The Balaban J connectivity index is 2.20. The molecule has 0 aliphatic carbocycles. The maximum absolute atomic E-state index is 12.9. The van der Waals surface area contributed by atoms with Gasteiger partial charge in [0.1, 0.15) is 6.04 Å². The molecule has 0 bridgehead atoms. The van der Waals surface area contributed by atoms with Crippen molar-refractivity contribution in [3.63, 3.8) is 0 Å². The van der Waals surface area contributed by atoms with Gasteiger partial charge in [0.25, 0.3) is 0 Å². The maximum Gasteiger partial charge on any atom is 0.242 e. The minimum Gasteiger partial charge on any atom is -0.352 e. The van der Waals surface area contributed by atoms with Gasteiger partial charge in [-0.1, -0.05) is 54.1 Å². The second-order valence-electron chi connectivity index (χ2n) is 6.65.